The van der Waals surface area contributed by atoms with Crippen molar-refractivity contribution in [1.29, 1.82) is 0 Å². The largest absolute Gasteiger partial charge is 0.491 e. The van der Waals surface area contributed by atoms with Crippen LogP contribution in [0.15, 0.2) is 24.3 Å². The highest BCUT2D eigenvalue weighted by Gasteiger charge is 2.28. The average molecular weight is 280 g/mol. The summed E-state index contributed by atoms with van der Waals surface area (Å²) < 4.78 is 11.1. The highest BCUT2D eigenvalue weighted by atomic mass is 16.5. The first-order valence-electron chi connectivity index (χ1n) is 7.04. The molecule has 5 heteroatoms. The summed E-state index contributed by atoms with van der Waals surface area (Å²) in [6.07, 6.45) is 0.721. The van der Waals surface area contributed by atoms with Gasteiger partial charge in [-0.25, -0.2) is 0 Å². The third-order valence-corrected chi connectivity index (χ3v) is 3.72. The Labute approximate surface area is 120 Å². The predicted molar refractivity (Wildman–Crippen MR) is 78.8 cm³/mol. The fourth-order valence-electron chi connectivity index (χ4n) is 2.58. The van der Waals surface area contributed by atoms with Gasteiger partial charge in [-0.2, -0.15) is 0 Å². The molecule has 0 spiro atoms. The second kappa shape index (κ2) is 6.92. The fourth-order valence-corrected chi connectivity index (χ4v) is 2.58. The van der Waals surface area contributed by atoms with E-state index in [1.54, 1.807) is 24.3 Å². The van der Waals surface area contributed by atoms with Crippen molar-refractivity contribution >= 4 is 5.69 Å². The topological polar surface area (TPSA) is 68.0 Å². The van der Waals surface area contributed by atoms with E-state index in [4.69, 9.17) is 15.2 Å². The van der Waals surface area contributed by atoms with Gasteiger partial charge in [0.15, 0.2) is 0 Å². The molecule has 2 rings (SSSR count). The molecule has 1 aliphatic heterocycles. The van der Waals surface area contributed by atoms with Crippen molar-refractivity contribution < 1.29 is 14.6 Å². The molecule has 1 fully saturated rings. The molecule has 1 aliphatic rings. The van der Waals surface area contributed by atoms with E-state index in [0.717, 1.165) is 18.8 Å². The van der Waals surface area contributed by atoms with Gasteiger partial charge in [-0.05, 0) is 44.7 Å². The molecule has 0 saturated carbocycles. The quantitative estimate of drug-likeness (QED) is 0.764. The second-order valence-corrected chi connectivity index (χ2v) is 5.41. The average Bonchev–Trinajstić information content (AvgIpc) is 2.84. The predicted octanol–water partition coefficient (Wildman–Crippen LogP) is 1.12. The lowest BCUT2D eigenvalue weighted by Gasteiger charge is -2.28. The first-order valence-corrected chi connectivity index (χ1v) is 7.04. The van der Waals surface area contributed by atoms with Gasteiger partial charge in [0.2, 0.25) is 0 Å². The Bertz CT molecular complexity index is 410. The van der Waals surface area contributed by atoms with Crippen LogP contribution in [-0.4, -0.2) is 55.1 Å². The van der Waals surface area contributed by atoms with Crippen molar-refractivity contribution in [1.82, 2.24) is 4.90 Å². The minimum Gasteiger partial charge on any atom is -0.491 e. The van der Waals surface area contributed by atoms with Crippen molar-refractivity contribution in [3.63, 3.8) is 0 Å². The summed E-state index contributed by atoms with van der Waals surface area (Å²) in [6.45, 7) is 3.73. The second-order valence-electron chi connectivity index (χ2n) is 5.41. The van der Waals surface area contributed by atoms with Crippen LogP contribution in [-0.2, 0) is 4.74 Å². The van der Waals surface area contributed by atoms with Gasteiger partial charge in [-0.3, -0.25) is 4.90 Å². The van der Waals surface area contributed by atoms with Gasteiger partial charge in [-0.1, -0.05) is 0 Å². The summed E-state index contributed by atoms with van der Waals surface area (Å²) in [5.74, 6) is 0.721. The van der Waals surface area contributed by atoms with Crippen LogP contribution in [0.3, 0.4) is 0 Å². The summed E-state index contributed by atoms with van der Waals surface area (Å²) in [5, 5.41) is 10.0. The van der Waals surface area contributed by atoms with Crippen molar-refractivity contribution in [3.05, 3.63) is 24.3 Å². The molecule has 1 aromatic carbocycles. The van der Waals surface area contributed by atoms with Crippen LogP contribution in [0.1, 0.15) is 13.3 Å². The molecule has 3 N–H and O–H groups in total. The number of rotatable bonds is 6. The number of hydrogen-bond acceptors (Lipinski definition) is 5. The number of ether oxygens (including phenoxy) is 2. The summed E-state index contributed by atoms with van der Waals surface area (Å²) in [6, 6.07) is 7.55. The lowest BCUT2D eigenvalue weighted by molar-refractivity contribution is 0.0401. The number of likely N-dealkylation sites (N-methyl/N-ethyl adjacent to an activating group) is 1. The van der Waals surface area contributed by atoms with E-state index in [1.165, 1.54) is 0 Å². The van der Waals surface area contributed by atoms with E-state index in [1.807, 2.05) is 7.05 Å². The number of anilines is 1. The molecule has 1 saturated heterocycles. The van der Waals surface area contributed by atoms with Crippen molar-refractivity contribution in [2.24, 2.45) is 0 Å². The normalized spacial score (nSPS) is 24.0. The number of nitrogens with two attached hydrogens (primary N) is 1. The number of hydrogen-bond donors (Lipinski definition) is 2. The summed E-state index contributed by atoms with van der Waals surface area (Å²) in [4.78, 5) is 2.15. The van der Waals surface area contributed by atoms with E-state index < -0.39 is 6.10 Å². The fraction of sp³-hybridized carbons (Fsp3) is 0.600. The Morgan fingerprint density at radius 3 is 2.75 bits per heavy atom. The molecule has 0 radical (unpaired) electrons. The Morgan fingerprint density at radius 1 is 1.45 bits per heavy atom. The van der Waals surface area contributed by atoms with Crippen LogP contribution >= 0.6 is 0 Å². The van der Waals surface area contributed by atoms with Gasteiger partial charge < -0.3 is 20.3 Å². The van der Waals surface area contributed by atoms with Crippen LogP contribution < -0.4 is 10.5 Å². The van der Waals surface area contributed by atoms with Gasteiger partial charge in [0.05, 0.1) is 6.10 Å². The van der Waals surface area contributed by atoms with Crippen LogP contribution in [0.5, 0.6) is 5.75 Å². The Kier molecular flexibility index (Phi) is 5.23. The first-order chi connectivity index (χ1) is 9.56. The lowest BCUT2D eigenvalue weighted by atomic mass is 10.1. The van der Waals surface area contributed by atoms with Gasteiger partial charge in [-0.15, -0.1) is 0 Å². The molecule has 1 heterocycles. The lowest BCUT2D eigenvalue weighted by Crippen LogP contribution is -2.42. The van der Waals surface area contributed by atoms with E-state index in [9.17, 15) is 5.11 Å². The summed E-state index contributed by atoms with van der Waals surface area (Å²) in [7, 11) is 2.02. The molecule has 0 bridgehead atoms. The molecule has 3 atom stereocenters. The molecule has 0 aliphatic carbocycles. The summed E-state index contributed by atoms with van der Waals surface area (Å²) >= 11 is 0. The van der Waals surface area contributed by atoms with Crippen LogP contribution in [0.4, 0.5) is 5.69 Å². The Morgan fingerprint density at radius 2 is 2.15 bits per heavy atom. The minimum absolute atomic E-state index is 0.227. The molecule has 5 nitrogen and oxygen atoms in total. The standard InChI is InChI=1S/C15H24N2O3/c1-11-15(7-8-19-11)17(2)9-13(18)10-20-14-5-3-12(16)4-6-14/h3-6,11,13,15,18H,7-10,16H2,1-2H3. The number of nitrogens with zero attached hydrogens (tertiary/aromatic N) is 1. The van der Waals surface area contributed by atoms with Crippen LogP contribution in [0.2, 0.25) is 0 Å². The highest BCUT2D eigenvalue weighted by Crippen LogP contribution is 2.18. The SMILES string of the molecule is CC1OCCC1N(C)CC(O)COc1ccc(N)cc1. The smallest absolute Gasteiger partial charge is 0.119 e. The molecule has 3 unspecified atom stereocenters. The van der Waals surface area contributed by atoms with Gasteiger partial charge >= 0.3 is 0 Å². The van der Waals surface area contributed by atoms with Crippen LogP contribution in [0, 0.1) is 0 Å². The number of aliphatic hydroxyl groups excluding tert-OH is 1. The van der Waals surface area contributed by atoms with Gasteiger partial charge in [0.25, 0.3) is 0 Å². The maximum Gasteiger partial charge on any atom is 0.119 e. The van der Waals surface area contributed by atoms with Crippen LogP contribution in [0.25, 0.3) is 0 Å². The van der Waals surface area contributed by atoms with Crippen molar-refractivity contribution in [2.75, 3.05) is 32.5 Å². The van der Waals surface area contributed by atoms with E-state index >= 15 is 0 Å². The first kappa shape index (κ1) is 15.1. The summed E-state index contributed by atoms with van der Waals surface area (Å²) in [5.41, 5.74) is 6.31. The monoisotopic (exact) mass is 280 g/mol. The highest BCUT2D eigenvalue weighted by molar-refractivity contribution is 5.41. The molecule has 0 amide bonds. The molecule has 0 aromatic heterocycles. The van der Waals surface area contributed by atoms with E-state index in [-0.39, 0.29) is 12.7 Å². The molecule has 1 aromatic rings. The van der Waals surface area contributed by atoms with Gasteiger partial charge in [0.1, 0.15) is 18.5 Å². The van der Waals surface area contributed by atoms with Crippen molar-refractivity contribution in [3.8, 4) is 5.75 Å². The van der Waals surface area contributed by atoms with E-state index in [2.05, 4.69) is 11.8 Å². The van der Waals surface area contributed by atoms with Gasteiger partial charge in [0, 0.05) is 24.9 Å². The Hall–Kier alpha value is -1.30. The zero-order valence-electron chi connectivity index (χ0n) is 12.2. The van der Waals surface area contributed by atoms with E-state index in [0.29, 0.717) is 18.3 Å². The third kappa shape index (κ3) is 4.10. The molecular formula is C15H24N2O3. The maximum atomic E-state index is 10.0. The molecule has 112 valence electrons. The zero-order valence-corrected chi connectivity index (χ0v) is 12.2. The molecular weight excluding hydrogens is 256 g/mol. The number of aliphatic hydroxyl groups is 1. The molecule has 20 heavy (non-hydrogen) atoms. The third-order valence-electron chi connectivity index (χ3n) is 3.72. The maximum absolute atomic E-state index is 10.0. The number of benzene rings is 1. The number of nitrogen functional groups attached to an aromatic ring is 1. The minimum atomic E-state index is -0.523. The zero-order chi connectivity index (χ0) is 14.5. The van der Waals surface area contributed by atoms with Crippen molar-refractivity contribution in [2.45, 2.75) is 31.6 Å². The Balaban J connectivity index is 1.74.